The number of nitrogen functional groups attached to an aromatic ring is 1. The smallest absolute Gasteiger partial charge is 0.362 e. The number of likely N-dealkylation sites (N-methyl/N-ethyl adjacent to an activating group) is 1. The molecule has 0 radical (unpaired) electrons. The average Bonchev–Trinajstić information content (AvgIpc) is 2.82. The number of carboxylic acid groups (broad SMARTS) is 1. The van der Waals surface area contributed by atoms with Gasteiger partial charge in [-0.3, -0.25) is 4.79 Å². The first kappa shape index (κ1) is 15.8. The van der Waals surface area contributed by atoms with E-state index in [-0.39, 0.29) is 23.5 Å². The topological polar surface area (TPSA) is 131 Å². The highest BCUT2D eigenvalue weighted by molar-refractivity contribution is 7.09. The number of nitrogens with zero attached hydrogens (tertiary/aromatic N) is 4. The highest BCUT2D eigenvalue weighted by atomic mass is 32.1. The Morgan fingerprint density at radius 2 is 2.10 bits per heavy atom. The molecule has 9 nitrogen and oxygen atoms in total. The molecular formula is C10H15N5O4S. The minimum atomic E-state index is -1.36. The molecular weight excluding hydrogens is 286 g/mol. The summed E-state index contributed by atoms with van der Waals surface area (Å²) in [5.41, 5.74) is 4.87. The largest absolute Gasteiger partial charge is 0.476 e. The summed E-state index contributed by atoms with van der Waals surface area (Å²) in [5.74, 6) is -1.79. The molecule has 0 fully saturated rings. The fourth-order valence-electron chi connectivity index (χ4n) is 1.33. The summed E-state index contributed by atoms with van der Waals surface area (Å²) < 4.78 is 3.72. The maximum Gasteiger partial charge on any atom is 0.362 e. The van der Waals surface area contributed by atoms with Crippen molar-refractivity contribution < 1.29 is 19.5 Å². The number of amides is 1. The lowest BCUT2D eigenvalue weighted by atomic mass is 10.4. The SMILES string of the molecule is CCN(CC)C(=O)CON=C(C(=O)O)c1nsc(N)n1. The quantitative estimate of drug-likeness (QED) is 0.526. The second-order valence-corrected chi connectivity index (χ2v) is 4.32. The van der Waals surface area contributed by atoms with Gasteiger partial charge in [-0.1, -0.05) is 5.16 Å². The summed E-state index contributed by atoms with van der Waals surface area (Å²) in [4.78, 5) is 32.6. The molecule has 1 aromatic rings. The number of hydrogen-bond acceptors (Lipinski definition) is 8. The first-order valence-corrected chi connectivity index (χ1v) is 6.57. The van der Waals surface area contributed by atoms with Gasteiger partial charge < -0.3 is 20.6 Å². The molecule has 10 heteroatoms. The van der Waals surface area contributed by atoms with E-state index >= 15 is 0 Å². The number of aromatic nitrogens is 2. The van der Waals surface area contributed by atoms with Crippen LogP contribution in [0.1, 0.15) is 19.7 Å². The number of oxime groups is 1. The van der Waals surface area contributed by atoms with Crippen molar-refractivity contribution in [2.45, 2.75) is 13.8 Å². The maximum atomic E-state index is 11.6. The Balaban J connectivity index is 2.70. The Hall–Kier alpha value is -2.23. The molecule has 3 N–H and O–H groups in total. The Labute approximate surface area is 119 Å². The summed E-state index contributed by atoms with van der Waals surface area (Å²) in [6.45, 7) is 4.39. The van der Waals surface area contributed by atoms with E-state index < -0.39 is 11.7 Å². The predicted octanol–water partition coefficient (Wildman–Crippen LogP) is -0.206. The number of hydrogen-bond donors (Lipinski definition) is 2. The van der Waals surface area contributed by atoms with Crippen LogP contribution in [0.15, 0.2) is 5.16 Å². The number of rotatable bonds is 7. The lowest BCUT2D eigenvalue weighted by Crippen LogP contribution is -2.33. The Morgan fingerprint density at radius 1 is 1.45 bits per heavy atom. The first-order valence-electron chi connectivity index (χ1n) is 5.80. The molecule has 1 rings (SSSR count). The summed E-state index contributed by atoms with van der Waals surface area (Å²) in [7, 11) is 0. The van der Waals surface area contributed by atoms with Crippen molar-refractivity contribution in [2.24, 2.45) is 5.16 Å². The number of carboxylic acids is 1. The van der Waals surface area contributed by atoms with E-state index in [1.807, 2.05) is 13.8 Å². The first-order chi connectivity index (χ1) is 9.49. The Bertz CT molecular complexity index is 512. The highest BCUT2D eigenvalue weighted by Gasteiger charge is 2.19. The van der Waals surface area contributed by atoms with E-state index in [0.717, 1.165) is 11.5 Å². The van der Waals surface area contributed by atoms with Gasteiger partial charge in [0, 0.05) is 24.6 Å². The predicted molar refractivity (Wildman–Crippen MR) is 72.4 cm³/mol. The van der Waals surface area contributed by atoms with E-state index in [4.69, 9.17) is 15.7 Å². The van der Waals surface area contributed by atoms with Crippen molar-refractivity contribution in [3.05, 3.63) is 5.82 Å². The van der Waals surface area contributed by atoms with Gasteiger partial charge in [-0.05, 0) is 13.8 Å². The Kier molecular flexibility index (Phi) is 5.84. The highest BCUT2D eigenvalue weighted by Crippen LogP contribution is 2.07. The van der Waals surface area contributed by atoms with Gasteiger partial charge in [-0.25, -0.2) is 4.79 Å². The number of carbonyl (C=O) groups is 2. The second-order valence-electron chi connectivity index (χ2n) is 3.54. The fraction of sp³-hybridized carbons (Fsp3) is 0.500. The van der Waals surface area contributed by atoms with Crippen molar-refractivity contribution in [2.75, 3.05) is 25.4 Å². The van der Waals surface area contributed by atoms with Crippen LogP contribution in [0.25, 0.3) is 0 Å². The van der Waals surface area contributed by atoms with Crippen molar-refractivity contribution in [1.82, 2.24) is 14.3 Å². The van der Waals surface area contributed by atoms with Crippen molar-refractivity contribution in [3.8, 4) is 0 Å². The maximum absolute atomic E-state index is 11.6. The number of nitrogens with two attached hydrogens (primary N) is 1. The molecule has 0 spiro atoms. The van der Waals surface area contributed by atoms with Crippen LogP contribution < -0.4 is 5.73 Å². The van der Waals surface area contributed by atoms with Gasteiger partial charge in [0.1, 0.15) is 0 Å². The van der Waals surface area contributed by atoms with Crippen molar-refractivity contribution >= 4 is 34.3 Å². The minimum absolute atomic E-state index is 0.119. The lowest BCUT2D eigenvalue weighted by Gasteiger charge is -2.17. The second kappa shape index (κ2) is 7.38. The summed E-state index contributed by atoms with van der Waals surface area (Å²) in [5, 5.41) is 12.5. The molecule has 0 aliphatic heterocycles. The third-order valence-corrected chi connectivity index (χ3v) is 2.86. The Morgan fingerprint density at radius 3 is 2.55 bits per heavy atom. The zero-order chi connectivity index (χ0) is 15.1. The molecule has 0 atom stereocenters. The van der Waals surface area contributed by atoms with Crippen LogP contribution in [0.2, 0.25) is 0 Å². The molecule has 110 valence electrons. The molecule has 0 aliphatic carbocycles. The zero-order valence-electron chi connectivity index (χ0n) is 11.1. The van der Waals surface area contributed by atoms with Crippen LogP contribution in [0.4, 0.5) is 5.13 Å². The van der Waals surface area contributed by atoms with Crippen LogP contribution in [-0.2, 0) is 14.4 Å². The minimum Gasteiger partial charge on any atom is -0.476 e. The average molecular weight is 301 g/mol. The molecule has 0 saturated heterocycles. The van der Waals surface area contributed by atoms with Crippen LogP contribution in [0.3, 0.4) is 0 Å². The van der Waals surface area contributed by atoms with E-state index in [1.54, 1.807) is 0 Å². The molecule has 20 heavy (non-hydrogen) atoms. The number of aliphatic carboxylic acids is 1. The lowest BCUT2D eigenvalue weighted by molar-refractivity contribution is -0.136. The van der Waals surface area contributed by atoms with Crippen molar-refractivity contribution in [1.29, 1.82) is 0 Å². The van der Waals surface area contributed by atoms with Crippen LogP contribution in [0.5, 0.6) is 0 Å². The van der Waals surface area contributed by atoms with E-state index in [1.165, 1.54) is 4.90 Å². The van der Waals surface area contributed by atoms with Gasteiger partial charge in [0.15, 0.2) is 11.7 Å². The van der Waals surface area contributed by atoms with Gasteiger partial charge in [-0.15, -0.1) is 0 Å². The van der Waals surface area contributed by atoms with Crippen LogP contribution >= 0.6 is 11.5 Å². The molecule has 1 aromatic heterocycles. The van der Waals surface area contributed by atoms with Crippen LogP contribution in [-0.4, -0.2) is 56.6 Å². The van der Waals surface area contributed by atoms with Gasteiger partial charge in [0.25, 0.3) is 5.91 Å². The van der Waals surface area contributed by atoms with E-state index in [2.05, 4.69) is 14.5 Å². The standard InChI is InChI=1S/C10H15N5O4S/c1-3-15(4-2)6(16)5-19-13-7(9(17)18)8-12-10(11)20-14-8/h3-5H2,1-2H3,(H,17,18)(H2,11,12,14). The third kappa shape index (κ3) is 4.16. The number of carbonyl (C=O) groups excluding carboxylic acids is 1. The summed E-state index contributed by atoms with van der Waals surface area (Å²) in [6.07, 6.45) is 0. The summed E-state index contributed by atoms with van der Waals surface area (Å²) in [6, 6.07) is 0. The molecule has 0 aromatic carbocycles. The van der Waals surface area contributed by atoms with E-state index in [9.17, 15) is 9.59 Å². The molecule has 0 aliphatic rings. The van der Waals surface area contributed by atoms with E-state index in [0.29, 0.717) is 13.1 Å². The molecule has 1 amide bonds. The molecule has 0 unspecified atom stereocenters. The van der Waals surface area contributed by atoms with Crippen LogP contribution in [0, 0.1) is 0 Å². The molecule has 0 bridgehead atoms. The number of anilines is 1. The van der Waals surface area contributed by atoms with Crippen molar-refractivity contribution in [3.63, 3.8) is 0 Å². The molecule has 1 heterocycles. The summed E-state index contributed by atoms with van der Waals surface area (Å²) >= 11 is 0.844. The monoisotopic (exact) mass is 301 g/mol. The third-order valence-electron chi connectivity index (χ3n) is 2.32. The zero-order valence-corrected chi connectivity index (χ0v) is 11.9. The van der Waals surface area contributed by atoms with Gasteiger partial charge in [0.2, 0.25) is 11.5 Å². The van der Waals surface area contributed by atoms with Gasteiger partial charge in [0.05, 0.1) is 0 Å². The molecule has 0 saturated carbocycles. The van der Waals surface area contributed by atoms with Gasteiger partial charge in [-0.2, -0.15) is 9.36 Å². The van der Waals surface area contributed by atoms with Gasteiger partial charge >= 0.3 is 5.97 Å². The normalized spacial score (nSPS) is 11.2. The fourth-order valence-corrected chi connectivity index (χ4v) is 1.76.